The number of aromatic nitrogens is 1. The maximum absolute atomic E-state index is 13.8. The van der Waals surface area contributed by atoms with Crippen LogP contribution in [0.4, 0.5) is 10.5 Å². The second kappa shape index (κ2) is 8.11. The van der Waals surface area contributed by atoms with Crippen LogP contribution < -0.4 is 5.32 Å². The topological polar surface area (TPSA) is 37.3 Å². The number of nitrogens with one attached hydrogen (secondary N) is 1. The van der Waals surface area contributed by atoms with Gasteiger partial charge in [0.25, 0.3) is 0 Å². The molecule has 0 saturated heterocycles. The molecule has 1 aromatic carbocycles. The van der Waals surface area contributed by atoms with Gasteiger partial charge < -0.3 is 14.8 Å². The maximum atomic E-state index is 13.8. The smallest absolute Gasteiger partial charge is 0.312 e. The number of hydrogen-bond donors (Lipinski definition) is 1. The summed E-state index contributed by atoms with van der Waals surface area (Å²) in [5.74, 6) is 0. The number of aryl methyl sites for hydroxylation is 2. The Hall–Kier alpha value is -2.53. The van der Waals surface area contributed by atoms with Gasteiger partial charge in [-0.2, -0.15) is 0 Å². The van der Waals surface area contributed by atoms with Crippen molar-refractivity contribution in [1.82, 2.24) is 9.47 Å². The van der Waals surface area contributed by atoms with Crippen LogP contribution in [0.1, 0.15) is 77.9 Å². The minimum Gasteiger partial charge on any atom is -0.312 e. The van der Waals surface area contributed by atoms with E-state index < -0.39 is 0 Å². The Morgan fingerprint density at radius 2 is 1.81 bits per heavy atom. The van der Waals surface area contributed by atoms with Crippen LogP contribution in [0.5, 0.6) is 0 Å². The summed E-state index contributed by atoms with van der Waals surface area (Å²) in [5, 5.41) is 4.67. The molecule has 166 valence electrons. The van der Waals surface area contributed by atoms with E-state index in [1.807, 2.05) is 11.3 Å². The van der Waals surface area contributed by atoms with Gasteiger partial charge in [-0.25, -0.2) is 4.79 Å². The van der Waals surface area contributed by atoms with Gasteiger partial charge in [-0.3, -0.25) is 0 Å². The molecule has 32 heavy (non-hydrogen) atoms. The molecule has 1 atom stereocenters. The molecule has 0 fully saturated rings. The summed E-state index contributed by atoms with van der Waals surface area (Å²) < 4.78 is 2.37. The molecule has 0 radical (unpaired) electrons. The molecule has 1 unspecified atom stereocenters. The van der Waals surface area contributed by atoms with Crippen molar-refractivity contribution in [1.29, 1.82) is 0 Å². The van der Waals surface area contributed by atoms with Crippen molar-refractivity contribution in [3.63, 3.8) is 0 Å². The third kappa shape index (κ3) is 3.21. The molecule has 3 heterocycles. The standard InChI is InChI=1S/C27H31N3OS/c1-2-23-24-14-8-16-29(24)26-21(20-12-5-6-15-25(20)32-26)17-30(23)27(31)28-22-13-7-10-18-9-3-4-11-19(18)22/h7-8,10,13-14,16,23H,2-6,9,11-12,15,17H2,1H3,(H,28,31). The van der Waals surface area contributed by atoms with E-state index in [4.69, 9.17) is 0 Å². The number of thiophene rings is 1. The number of carbonyl (C=O) groups is 1. The number of benzene rings is 1. The first kappa shape index (κ1) is 20.1. The van der Waals surface area contributed by atoms with E-state index in [0.29, 0.717) is 6.54 Å². The molecule has 3 aromatic rings. The average Bonchev–Trinajstić information content (AvgIpc) is 3.41. The molecular weight excluding hydrogens is 414 g/mol. The van der Waals surface area contributed by atoms with Crippen LogP contribution in [-0.4, -0.2) is 15.5 Å². The highest BCUT2D eigenvalue weighted by atomic mass is 32.1. The van der Waals surface area contributed by atoms with Crippen LogP contribution in [0, 0.1) is 0 Å². The van der Waals surface area contributed by atoms with Crippen molar-refractivity contribution in [2.24, 2.45) is 0 Å². The molecular formula is C27H31N3OS. The van der Waals surface area contributed by atoms with Crippen LogP contribution in [0.25, 0.3) is 5.00 Å². The number of anilines is 1. The molecule has 0 saturated carbocycles. The maximum Gasteiger partial charge on any atom is 0.322 e. The van der Waals surface area contributed by atoms with Crippen molar-refractivity contribution >= 4 is 23.1 Å². The van der Waals surface area contributed by atoms with Gasteiger partial charge in [0.05, 0.1) is 12.6 Å². The molecule has 6 rings (SSSR count). The minimum absolute atomic E-state index is 0.0344. The van der Waals surface area contributed by atoms with Crippen molar-refractivity contribution in [2.75, 3.05) is 5.32 Å². The van der Waals surface area contributed by atoms with Gasteiger partial charge in [0, 0.05) is 28.0 Å². The quantitative estimate of drug-likeness (QED) is 0.463. The molecule has 2 aromatic heterocycles. The van der Waals surface area contributed by atoms with Crippen LogP contribution >= 0.6 is 11.3 Å². The molecule has 4 nitrogen and oxygen atoms in total. The van der Waals surface area contributed by atoms with Crippen molar-refractivity contribution in [2.45, 2.75) is 77.3 Å². The Bertz CT molecular complexity index is 1170. The summed E-state index contributed by atoms with van der Waals surface area (Å²) in [6.45, 7) is 2.89. The molecule has 0 spiro atoms. The molecule has 0 bridgehead atoms. The molecule has 3 aliphatic rings. The summed E-state index contributed by atoms with van der Waals surface area (Å²) in [7, 11) is 0. The molecule has 1 N–H and O–H groups in total. The molecule has 2 aliphatic carbocycles. The molecule has 2 amide bonds. The lowest BCUT2D eigenvalue weighted by atomic mass is 9.90. The first-order valence-corrected chi connectivity index (χ1v) is 13.1. The van der Waals surface area contributed by atoms with E-state index in [0.717, 1.165) is 31.4 Å². The van der Waals surface area contributed by atoms with E-state index >= 15 is 0 Å². The Balaban J connectivity index is 1.40. The fourth-order valence-electron chi connectivity index (χ4n) is 5.99. The summed E-state index contributed by atoms with van der Waals surface area (Å²) in [4.78, 5) is 17.4. The first-order chi connectivity index (χ1) is 15.7. The highest BCUT2D eigenvalue weighted by Crippen LogP contribution is 2.43. The van der Waals surface area contributed by atoms with Gasteiger partial charge >= 0.3 is 6.03 Å². The number of urea groups is 1. The van der Waals surface area contributed by atoms with Crippen LogP contribution in [0.15, 0.2) is 36.5 Å². The zero-order valence-corrected chi connectivity index (χ0v) is 19.6. The van der Waals surface area contributed by atoms with E-state index in [1.54, 1.807) is 0 Å². The number of rotatable bonds is 2. The van der Waals surface area contributed by atoms with Gasteiger partial charge in [0.15, 0.2) is 0 Å². The second-order valence-electron chi connectivity index (χ2n) is 9.43. The number of hydrogen-bond acceptors (Lipinski definition) is 2. The monoisotopic (exact) mass is 445 g/mol. The summed E-state index contributed by atoms with van der Waals surface area (Å²) in [6, 6.07) is 10.8. The number of amides is 2. The Kier molecular flexibility index (Phi) is 5.09. The van der Waals surface area contributed by atoms with Crippen molar-refractivity contribution in [3.8, 4) is 5.00 Å². The highest BCUT2D eigenvalue weighted by molar-refractivity contribution is 7.15. The predicted molar refractivity (Wildman–Crippen MR) is 131 cm³/mol. The van der Waals surface area contributed by atoms with Crippen molar-refractivity contribution < 1.29 is 4.79 Å². The first-order valence-electron chi connectivity index (χ1n) is 12.2. The van der Waals surface area contributed by atoms with Crippen molar-refractivity contribution in [3.05, 3.63) is 69.4 Å². The summed E-state index contributed by atoms with van der Waals surface area (Å²) in [6.07, 6.45) is 12.6. The van der Waals surface area contributed by atoms with Gasteiger partial charge in [-0.15, -0.1) is 11.3 Å². The van der Waals surface area contributed by atoms with Gasteiger partial charge in [-0.1, -0.05) is 19.1 Å². The molecule has 1 aliphatic heterocycles. The second-order valence-corrected chi connectivity index (χ2v) is 10.5. The number of fused-ring (bicyclic) bond motifs is 6. The Labute approximate surface area is 194 Å². The van der Waals surface area contributed by atoms with Gasteiger partial charge in [-0.05, 0) is 92.7 Å². The lowest BCUT2D eigenvalue weighted by Crippen LogP contribution is -2.37. The molecule has 5 heteroatoms. The van der Waals surface area contributed by atoms with Crippen LogP contribution in [-0.2, 0) is 32.2 Å². The minimum atomic E-state index is 0.0344. The Morgan fingerprint density at radius 1 is 1.00 bits per heavy atom. The predicted octanol–water partition coefficient (Wildman–Crippen LogP) is 6.80. The third-order valence-electron chi connectivity index (χ3n) is 7.59. The summed E-state index contributed by atoms with van der Waals surface area (Å²) >= 11 is 1.95. The highest BCUT2D eigenvalue weighted by Gasteiger charge is 2.34. The zero-order chi connectivity index (χ0) is 21.7. The largest absolute Gasteiger partial charge is 0.322 e. The van der Waals surface area contributed by atoms with Crippen LogP contribution in [0.2, 0.25) is 0 Å². The van der Waals surface area contributed by atoms with E-state index in [9.17, 15) is 4.79 Å². The SMILES string of the molecule is CCC1c2cccn2-c2sc3c(c2CN1C(=O)Nc1cccc2c1CCCC2)CCCC3. The van der Waals surface area contributed by atoms with E-state index in [1.165, 1.54) is 69.9 Å². The Morgan fingerprint density at radius 3 is 2.69 bits per heavy atom. The van der Waals surface area contributed by atoms with Gasteiger partial charge in [0.2, 0.25) is 0 Å². The number of carbonyl (C=O) groups excluding carboxylic acids is 1. The summed E-state index contributed by atoms with van der Waals surface area (Å²) in [5.41, 5.74) is 7.88. The fraction of sp³-hybridized carbons (Fsp3) is 0.444. The van der Waals surface area contributed by atoms with E-state index in [-0.39, 0.29) is 12.1 Å². The lowest BCUT2D eigenvalue weighted by Gasteiger charge is -2.31. The van der Waals surface area contributed by atoms with E-state index in [2.05, 4.69) is 58.2 Å². The van der Waals surface area contributed by atoms with Gasteiger partial charge in [0.1, 0.15) is 5.00 Å². The lowest BCUT2D eigenvalue weighted by molar-refractivity contribution is 0.181. The normalized spacial score (nSPS) is 19.4. The third-order valence-corrected chi connectivity index (χ3v) is 8.92. The van der Waals surface area contributed by atoms with Crippen LogP contribution in [0.3, 0.4) is 0 Å². The zero-order valence-electron chi connectivity index (χ0n) is 18.8. The average molecular weight is 446 g/mol. The fourth-order valence-corrected chi connectivity index (χ4v) is 7.40. The number of nitrogens with zero attached hydrogens (tertiary/aromatic N) is 2.